The summed E-state index contributed by atoms with van der Waals surface area (Å²) in [4.78, 5) is 25.6. The molecule has 1 aromatic carbocycles. The Hall–Kier alpha value is -2.08. The fourth-order valence-electron chi connectivity index (χ4n) is 2.45. The van der Waals surface area contributed by atoms with Crippen molar-refractivity contribution in [2.75, 3.05) is 26.4 Å². The van der Waals surface area contributed by atoms with E-state index < -0.39 is 0 Å². The van der Waals surface area contributed by atoms with Crippen LogP contribution in [0.15, 0.2) is 24.3 Å². The van der Waals surface area contributed by atoms with Gasteiger partial charge >= 0.3 is 5.97 Å². The van der Waals surface area contributed by atoms with Crippen LogP contribution in [0, 0.1) is 0 Å². The van der Waals surface area contributed by atoms with Gasteiger partial charge in [-0.25, -0.2) is 0 Å². The first-order valence-corrected chi connectivity index (χ1v) is 8.83. The maximum atomic E-state index is 12.5. The molecule has 1 N–H and O–H groups in total. The number of esters is 1. The Morgan fingerprint density at radius 1 is 1.16 bits per heavy atom. The predicted molar refractivity (Wildman–Crippen MR) is 95.4 cm³/mol. The molecule has 0 spiro atoms. The number of hydrogen-bond acceptors (Lipinski definition) is 5. The average molecular weight is 351 g/mol. The van der Waals surface area contributed by atoms with Crippen LogP contribution in [0.4, 0.5) is 0 Å². The van der Waals surface area contributed by atoms with Crippen molar-refractivity contribution >= 4 is 11.9 Å². The number of rotatable bonds is 11. The number of carbonyl (C=O) groups excluding carboxylic acids is 2. The van der Waals surface area contributed by atoms with E-state index in [0.29, 0.717) is 18.8 Å². The summed E-state index contributed by atoms with van der Waals surface area (Å²) >= 11 is 0. The first-order chi connectivity index (χ1) is 12.0. The summed E-state index contributed by atoms with van der Waals surface area (Å²) in [5.41, 5.74) is 1.20. The van der Waals surface area contributed by atoms with Gasteiger partial charge in [-0.1, -0.05) is 26.0 Å². The molecule has 1 atom stereocenters. The third kappa shape index (κ3) is 7.13. The standard InChI is InChI=1S/C19H29NO5/c1-4-15-7-9-17(10-8-15)25-14-18(22)20(16(5-2)13-21)12-11-19(23)24-6-3/h7-10,16,21H,4-6,11-14H2,1-3H3. The molecule has 1 rings (SSSR count). The summed E-state index contributed by atoms with van der Waals surface area (Å²) < 4.78 is 10.5. The van der Waals surface area contributed by atoms with Crippen LogP contribution in [0.1, 0.15) is 39.2 Å². The highest BCUT2D eigenvalue weighted by Gasteiger charge is 2.23. The third-order valence-electron chi connectivity index (χ3n) is 4.00. The van der Waals surface area contributed by atoms with E-state index in [1.165, 1.54) is 10.5 Å². The van der Waals surface area contributed by atoms with Crippen molar-refractivity contribution in [1.29, 1.82) is 0 Å². The molecule has 6 heteroatoms. The molecule has 25 heavy (non-hydrogen) atoms. The van der Waals surface area contributed by atoms with Gasteiger partial charge < -0.3 is 19.5 Å². The number of amides is 1. The molecule has 0 saturated carbocycles. The molecule has 0 aliphatic heterocycles. The molecular formula is C19H29NO5. The smallest absolute Gasteiger partial charge is 0.307 e. The van der Waals surface area contributed by atoms with E-state index in [2.05, 4.69) is 6.92 Å². The molecule has 0 saturated heterocycles. The summed E-state index contributed by atoms with van der Waals surface area (Å²) in [5.74, 6) is 0.00173. The fraction of sp³-hybridized carbons (Fsp3) is 0.579. The van der Waals surface area contributed by atoms with Gasteiger partial charge in [0.05, 0.1) is 25.7 Å². The minimum atomic E-state index is -0.357. The first kappa shape index (κ1) is 21.0. The number of aliphatic hydroxyl groups is 1. The molecule has 140 valence electrons. The van der Waals surface area contributed by atoms with Gasteiger partial charge in [0.25, 0.3) is 5.91 Å². The number of hydrogen-bond donors (Lipinski definition) is 1. The Bertz CT molecular complexity index is 525. The lowest BCUT2D eigenvalue weighted by Gasteiger charge is -2.29. The van der Waals surface area contributed by atoms with E-state index >= 15 is 0 Å². The van der Waals surface area contributed by atoms with Crippen LogP contribution in [0.25, 0.3) is 0 Å². The number of carbonyl (C=O) groups is 2. The van der Waals surface area contributed by atoms with Crippen LogP contribution in [-0.4, -0.2) is 54.3 Å². The Balaban J connectivity index is 2.65. The Labute approximate surface area is 149 Å². The molecule has 0 aliphatic carbocycles. The number of aliphatic hydroxyl groups excluding tert-OH is 1. The van der Waals surface area contributed by atoms with Crippen molar-refractivity contribution in [3.05, 3.63) is 29.8 Å². The van der Waals surface area contributed by atoms with E-state index in [9.17, 15) is 14.7 Å². The summed E-state index contributed by atoms with van der Waals surface area (Å²) in [6.45, 7) is 5.91. The second-order valence-electron chi connectivity index (χ2n) is 5.67. The first-order valence-electron chi connectivity index (χ1n) is 8.83. The zero-order valence-electron chi connectivity index (χ0n) is 15.4. The quantitative estimate of drug-likeness (QED) is 0.619. The van der Waals surface area contributed by atoms with Gasteiger partial charge in [-0.2, -0.15) is 0 Å². The molecule has 1 amide bonds. The van der Waals surface area contributed by atoms with Crippen molar-refractivity contribution in [3.63, 3.8) is 0 Å². The minimum absolute atomic E-state index is 0.0985. The highest BCUT2D eigenvalue weighted by atomic mass is 16.5. The molecule has 1 unspecified atom stereocenters. The Kier molecular flexibility index (Phi) is 9.62. The number of aryl methyl sites for hydroxylation is 1. The number of benzene rings is 1. The van der Waals surface area contributed by atoms with Crippen molar-refractivity contribution in [2.45, 2.75) is 46.1 Å². The van der Waals surface area contributed by atoms with E-state index in [4.69, 9.17) is 9.47 Å². The lowest BCUT2D eigenvalue weighted by Crippen LogP contribution is -2.45. The Morgan fingerprint density at radius 3 is 2.36 bits per heavy atom. The second-order valence-corrected chi connectivity index (χ2v) is 5.67. The normalized spacial score (nSPS) is 11.7. The average Bonchev–Trinajstić information content (AvgIpc) is 2.63. The van der Waals surface area contributed by atoms with E-state index in [0.717, 1.165) is 6.42 Å². The molecule has 0 radical (unpaired) electrons. The molecule has 0 bridgehead atoms. The summed E-state index contributed by atoms with van der Waals surface area (Å²) in [7, 11) is 0. The maximum absolute atomic E-state index is 12.5. The zero-order chi connectivity index (χ0) is 18.7. The van der Waals surface area contributed by atoms with E-state index in [1.54, 1.807) is 6.92 Å². The highest BCUT2D eigenvalue weighted by Crippen LogP contribution is 2.13. The lowest BCUT2D eigenvalue weighted by molar-refractivity contribution is -0.145. The molecule has 0 fully saturated rings. The molecule has 0 heterocycles. The van der Waals surface area contributed by atoms with Crippen molar-refractivity contribution in [3.8, 4) is 5.75 Å². The van der Waals surface area contributed by atoms with Crippen molar-refractivity contribution in [1.82, 2.24) is 4.90 Å². The predicted octanol–water partition coefficient (Wildman–Crippen LogP) is 2.18. The molecule has 0 aromatic heterocycles. The topological polar surface area (TPSA) is 76.1 Å². The fourth-order valence-corrected chi connectivity index (χ4v) is 2.45. The van der Waals surface area contributed by atoms with Crippen LogP contribution in [0.5, 0.6) is 5.75 Å². The lowest BCUT2D eigenvalue weighted by atomic mass is 10.2. The molecule has 6 nitrogen and oxygen atoms in total. The van der Waals surface area contributed by atoms with Crippen molar-refractivity contribution < 1.29 is 24.2 Å². The third-order valence-corrected chi connectivity index (χ3v) is 4.00. The molecule has 1 aromatic rings. The van der Waals surface area contributed by atoms with Gasteiger partial charge in [0.15, 0.2) is 6.61 Å². The van der Waals surface area contributed by atoms with Gasteiger partial charge in [0.2, 0.25) is 0 Å². The van der Waals surface area contributed by atoms with Crippen LogP contribution in [0.3, 0.4) is 0 Å². The van der Waals surface area contributed by atoms with Crippen LogP contribution < -0.4 is 4.74 Å². The maximum Gasteiger partial charge on any atom is 0.307 e. The van der Waals surface area contributed by atoms with E-state index in [-0.39, 0.29) is 44.1 Å². The second kappa shape index (κ2) is 11.5. The Morgan fingerprint density at radius 2 is 1.84 bits per heavy atom. The SMILES string of the molecule is CCOC(=O)CCN(C(=O)COc1ccc(CC)cc1)C(CC)CO. The number of ether oxygens (including phenoxy) is 2. The van der Waals surface area contributed by atoms with Gasteiger partial charge in [0.1, 0.15) is 5.75 Å². The van der Waals surface area contributed by atoms with Crippen LogP contribution in [0.2, 0.25) is 0 Å². The minimum Gasteiger partial charge on any atom is -0.484 e. The van der Waals surface area contributed by atoms with Gasteiger partial charge in [-0.15, -0.1) is 0 Å². The van der Waals surface area contributed by atoms with Crippen LogP contribution in [-0.2, 0) is 20.7 Å². The summed E-state index contributed by atoms with van der Waals surface area (Å²) in [6, 6.07) is 7.24. The van der Waals surface area contributed by atoms with E-state index in [1.807, 2.05) is 31.2 Å². The van der Waals surface area contributed by atoms with Gasteiger partial charge in [-0.3, -0.25) is 9.59 Å². The molecular weight excluding hydrogens is 322 g/mol. The molecule has 0 aliphatic rings. The van der Waals surface area contributed by atoms with Gasteiger partial charge in [-0.05, 0) is 37.5 Å². The highest BCUT2D eigenvalue weighted by molar-refractivity contribution is 5.79. The van der Waals surface area contributed by atoms with Crippen molar-refractivity contribution in [2.24, 2.45) is 0 Å². The van der Waals surface area contributed by atoms with Gasteiger partial charge in [0, 0.05) is 6.54 Å². The number of nitrogens with zero attached hydrogens (tertiary/aromatic N) is 1. The van der Waals surface area contributed by atoms with Crippen LogP contribution >= 0.6 is 0 Å². The monoisotopic (exact) mass is 351 g/mol. The largest absolute Gasteiger partial charge is 0.484 e. The summed E-state index contributed by atoms with van der Waals surface area (Å²) in [5, 5.41) is 9.51. The zero-order valence-corrected chi connectivity index (χ0v) is 15.4. The summed E-state index contributed by atoms with van der Waals surface area (Å²) in [6.07, 6.45) is 1.63.